The summed E-state index contributed by atoms with van der Waals surface area (Å²) in [7, 11) is -3.75. The molecule has 0 aromatic heterocycles. The van der Waals surface area contributed by atoms with E-state index in [1.807, 2.05) is 11.8 Å². The summed E-state index contributed by atoms with van der Waals surface area (Å²) in [5.74, 6) is -0.0728. The minimum atomic E-state index is -3.75. The fourth-order valence-corrected chi connectivity index (χ4v) is 5.31. The maximum atomic E-state index is 13.8. The van der Waals surface area contributed by atoms with Crippen molar-refractivity contribution in [1.82, 2.24) is 15.5 Å². The van der Waals surface area contributed by atoms with Crippen LogP contribution in [0.1, 0.15) is 39.0 Å². The maximum absolute atomic E-state index is 13.8. The second-order valence-corrected chi connectivity index (χ2v) is 9.98. The molecule has 1 amide bonds. The lowest BCUT2D eigenvalue weighted by molar-refractivity contribution is -0.134. The Morgan fingerprint density at radius 2 is 1.97 bits per heavy atom. The van der Waals surface area contributed by atoms with Crippen molar-refractivity contribution in [2.24, 2.45) is 10.9 Å². The zero-order chi connectivity index (χ0) is 21.6. The zero-order valence-electron chi connectivity index (χ0n) is 17.4. The SMILES string of the molecule is CCNC(=NCCS(=O)(=O)c1ccccc1F)NC1CCN(C(=O)C2CCCC2)C1. The van der Waals surface area contributed by atoms with Gasteiger partial charge in [0.1, 0.15) is 10.7 Å². The molecule has 1 saturated heterocycles. The molecule has 7 nitrogen and oxygen atoms in total. The lowest BCUT2D eigenvalue weighted by Gasteiger charge is -2.21. The molecular formula is C21H31FN4O3S. The summed E-state index contributed by atoms with van der Waals surface area (Å²) in [6, 6.07) is 5.45. The van der Waals surface area contributed by atoms with Crippen molar-refractivity contribution in [3.63, 3.8) is 0 Å². The van der Waals surface area contributed by atoms with Crippen LogP contribution in [0.25, 0.3) is 0 Å². The number of benzene rings is 1. The van der Waals surface area contributed by atoms with Gasteiger partial charge in [-0.2, -0.15) is 0 Å². The summed E-state index contributed by atoms with van der Waals surface area (Å²) >= 11 is 0. The van der Waals surface area contributed by atoms with E-state index < -0.39 is 15.7 Å². The first-order valence-corrected chi connectivity index (χ1v) is 12.4. The number of guanidine groups is 1. The molecule has 1 aromatic carbocycles. The fraction of sp³-hybridized carbons (Fsp3) is 0.619. The normalized spacial score (nSPS) is 20.5. The Bertz CT molecular complexity index is 869. The molecule has 0 spiro atoms. The van der Waals surface area contributed by atoms with Crippen LogP contribution in [0.15, 0.2) is 34.2 Å². The van der Waals surface area contributed by atoms with Crippen LogP contribution in [0.2, 0.25) is 0 Å². The van der Waals surface area contributed by atoms with Gasteiger partial charge in [-0.25, -0.2) is 12.8 Å². The molecule has 0 radical (unpaired) electrons. The molecule has 1 aliphatic carbocycles. The van der Waals surface area contributed by atoms with Gasteiger partial charge in [-0.1, -0.05) is 25.0 Å². The van der Waals surface area contributed by atoms with Crippen LogP contribution in [0.3, 0.4) is 0 Å². The van der Waals surface area contributed by atoms with Gasteiger partial charge in [-0.3, -0.25) is 9.79 Å². The highest BCUT2D eigenvalue weighted by molar-refractivity contribution is 7.91. The summed E-state index contributed by atoms with van der Waals surface area (Å²) in [4.78, 5) is 18.6. The number of hydrogen-bond acceptors (Lipinski definition) is 4. The minimum Gasteiger partial charge on any atom is -0.357 e. The van der Waals surface area contributed by atoms with E-state index in [1.165, 1.54) is 18.2 Å². The molecule has 2 aliphatic rings. The summed E-state index contributed by atoms with van der Waals surface area (Å²) in [6.45, 7) is 3.94. The van der Waals surface area contributed by atoms with E-state index >= 15 is 0 Å². The lowest BCUT2D eigenvalue weighted by atomic mass is 10.1. The van der Waals surface area contributed by atoms with Crippen LogP contribution >= 0.6 is 0 Å². The molecule has 3 rings (SSSR count). The van der Waals surface area contributed by atoms with E-state index in [0.29, 0.717) is 19.0 Å². The number of sulfone groups is 1. The monoisotopic (exact) mass is 438 g/mol. The second kappa shape index (κ2) is 10.2. The van der Waals surface area contributed by atoms with Crippen molar-refractivity contribution >= 4 is 21.7 Å². The Kier molecular flexibility index (Phi) is 7.69. The van der Waals surface area contributed by atoms with Gasteiger partial charge in [-0.15, -0.1) is 0 Å². The van der Waals surface area contributed by atoms with Crippen molar-refractivity contribution in [3.05, 3.63) is 30.1 Å². The second-order valence-electron chi connectivity index (χ2n) is 7.91. The first-order valence-electron chi connectivity index (χ1n) is 10.7. The number of nitrogens with one attached hydrogen (secondary N) is 2. The van der Waals surface area contributed by atoms with E-state index in [2.05, 4.69) is 15.6 Å². The first-order chi connectivity index (χ1) is 14.4. The van der Waals surface area contributed by atoms with E-state index in [1.54, 1.807) is 0 Å². The Balaban J connectivity index is 1.55. The number of halogens is 1. The summed E-state index contributed by atoms with van der Waals surface area (Å²) in [5, 5.41) is 6.42. The predicted octanol–water partition coefficient (Wildman–Crippen LogP) is 1.95. The molecular weight excluding hydrogens is 407 g/mol. The average Bonchev–Trinajstić information content (AvgIpc) is 3.40. The van der Waals surface area contributed by atoms with Crippen molar-refractivity contribution in [3.8, 4) is 0 Å². The van der Waals surface area contributed by atoms with Gasteiger partial charge in [0.15, 0.2) is 15.8 Å². The van der Waals surface area contributed by atoms with Gasteiger partial charge in [-0.05, 0) is 38.3 Å². The van der Waals surface area contributed by atoms with Crippen LogP contribution in [0.5, 0.6) is 0 Å². The number of amides is 1. The largest absolute Gasteiger partial charge is 0.357 e. The number of carbonyl (C=O) groups excluding carboxylic acids is 1. The molecule has 1 saturated carbocycles. The number of hydrogen-bond donors (Lipinski definition) is 2. The third kappa shape index (κ3) is 5.71. The van der Waals surface area contributed by atoms with Gasteiger partial charge < -0.3 is 15.5 Å². The highest BCUT2D eigenvalue weighted by Crippen LogP contribution is 2.27. The molecule has 1 heterocycles. The van der Waals surface area contributed by atoms with Crippen molar-refractivity contribution < 1.29 is 17.6 Å². The number of nitrogens with zero attached hydrogens (tertiary/aromatic N) is 2. The first kappa shape index (κ1) is 22.5. The number of rotatable bonds is 7. The molecule has 2 N–H and O–H groups in total. The minimum absolute atomic E-state index is 0.0173. The Morgan fingerprint density at radius 1 is 1.23 bits per heavy atom. The highest BCUT2D eigenvalue weighted by Gasteiger charge is 2.32. The van der Waals surface area contributed by atoms with E-state index in [-0.39, 0.29) is 35.1 Å². The topological polar surface area (TPSA) is 90.9 Å². The van der Waals surface area contributed by atoms with Gasteiger partial charge in [0.2, 0.25) is 5.91 Å². The summed E-state index contributed by atoms with van der Waals surface area (Å²) in [5.41, 5.74) is 0. The summed E-state index contributed by atoms with van der Waals surface area (Å²) in [6.07, 6.45) is 5.09. The number of carbonyl (C=O) groups is 1. The molecule has 30 heavy (non-hydrogen) atoms. The fourth-order valence-electron chi connectivity index (χ4n) is 4.11. The van der Waals surface area contributed by atoms with Crippen molar-refractivity contribution in [2.45, 2.75) is 50.0 Å². The molecule has 9 heteroatoms. The predicted molar refractivity (Wildman–Crippen MR) is 115 cm³/mol. The number of aliphatic imine (C=N–C) groups is 1. The molecule has 0 bridgehead atoms. The Morgan fingerprint density at radius 3 is 2.67 bits per heavy atom. The molecule has 1 aromatic rings. The van der Waals surface area contributed by atoms with Crippen LogP contribution in [-0.2, 0) is 14.6 Å². The smallest absolute Gasteiger partial charge is 0.225 e. The highest BCUT2D eigenvalue weighted by atomic mass is 32.2. The van der Waals surface area contributed by atoms with E-state index in [0.717, 1.165) is 44.7 Å². The lowest BCUT2D eigenvalue weighted by Crippen LogP contribution is -2.45. The summed E-state index contributed by atoms with van der Waals surface area (Å²) < 4.78 is 38.6. The van der Waals surface area contributed by atoms with Crippen LogP contribution < -0.4 is 10.6 Å². The third-order valence-electron chi connectivity index (χ3n) is 5.69. The van der Waals surface area contributed by atoms with E-state index in [4.69, 9.17) is 0 Å². The third-order valence-corrected chi connectivity index (χ3v) is 7.41. The van der Waals surface area contributed by atoms with E-state index in [9.17, 15) is 17.6 Å². The molecule has 1 aliphatic heterocycles. The van der Waals surface area contributed by atoms with Gasteiger partial charge in [0, 0.05) is 31.6 Å². The van der Waals surface area contributed by atoms with Crippen LogP contribution in [0, 0.1) is 11.7 Å². The Hall–Kier alpha value is -2.16. The van der Waals surface area contributed by atoms with Gasteiger partial charge in [0.25, 0.3) is 0 Å². The Labute approximate surface area is 178 Å². The van der Waals surface area contributed by atoms with Crippen LogP contribution in [0.4, 0.5) is 4.39 Å². The van der Waals surface area contributed by atoms with Crippen molar-refractivity contribution in [1.29, 1.82) is 0 Å². The maximum Gasteiger partial charge on any atom is 0.225 e. The zero-order valence-corrected chi connectivity index (χ0v) is 18.3. The van der Waals surface area contributed by atoms with Gasteiger partial charge in [0.05, 0.1) is 12.3 Å². The average molecular weight is 439 g/mol. The van der Waals surface area contributed by atoms with Crippen molar-refractivity contribution in [2.75, 3.05) is 31.9 Å². The molecule has 1 atom stereocenters. The van der Waals surface area contributed by atoms with Gasteiger partial charge >= 0.3 is 0 Å². The standard InChI is InChI=1S/C21H31FN4O3S/c1-2-23-21(24-12-14-30(28,29)19-10-6-5-9-18(19)22)25-17-11-13-26(15-17)20(27)16-7-3-4-8-16/h5-6,9-10,16-17H,2-4,7-8,11-15H2,1H3,(H2,23,24,25). The molecule has 2 fully saturated rings. The number of likely N-dealkylation sites (tertiary alicyclic amines) is 1. The quantitative estimate of drug-likeness (QED) is 0.502. The molecule has 166 valence electrons. The van der Waals surface area contributed by atoms with Crippen LogP contribution in [-0.4, -0.2) is 63.2 Å². The molecule has 1 unspecified atom stereocenters.